The van der Waals surface area contributed by atoms with Crippen molar-refractivity contribution < 1.29 is 22.7 Å². The Labute approximate surface area is 144 Å². The predicted molar refractivity (Wildman–Crippen MR) is 90.6 cm³/mol. The smallest absolute Gasteiger partial charge is 0.416 e. The van der Waals surface area contributed by atoms with E-state index in [-0.39, 0.29) is 5.69 Å². The van der Waals surface area contributed by atoms with Crippen molar-refractivity contribution in [3.8, 4) is 5.75 Å². The summed E-state index contributed by atoms with van der Waals surface area (Å²) in [4.78, 5) is 12.3. The molecule has 25 heavy (non-hydrogen) atoms. The lowest BCUT2D eigenvalue weighted by Crippen LogP contribution is -2.32. The molecule has 6 heteroatoms. The average molecular weight is 351 g/mol. The van der Waals surface area contributed by atoms with E-state index in [0.717, 1.165) is 24.1 Å². The molecule has 3 nitrogen and oxygen atoms in total. The lowest BCUT2D eigenvalue weighted by Gasteiger charge is -2.18. The number of amides is 1. The highest BCUT2D eigenvalue weighted by atomic mass is 19.4. The van der Waals surface area contributed by atoms with E-state index < -0.39 is 23.8 Å². The molecule has 0 heterocycles. The fraction of sp³-hybridized carbons (Fsp3) is 0.316. The van der Waals surface area contributed by atoms with E-state index in [2.05, 4.69) is 5.32 Å². The van der Waals surface area contributed by atoms with Crippen LogP contribution >= 0.6 is 0 Å². The van der Waals surface area contributed by atoms with Gasteiger partial charge in [-0.15, -0.1) is 0 Å². The van der Waals surface area contributed by atoms with E-state index in [1.165, 1.54) is 12.1 Å². The lowest BCUT2D eigenvalue weighted by molar-refractivity contribution is -0.137. The van der Waals surface area contributed by atoms with Gasteiger partial charge in [-0.2, -0.15) is 13.2 Å². The van der Waals surface area contributed by atoms with Crippen molar-refractivity contribution >= 4 is 11.6 Å². The normalized spacial score (nSPS) is 12.5. The molecule has 0 aliphatic heterocycles. The molecule has 1 atom stereocenters. The van der Waals surface area contributed by atoms with Gasteiger partial charge in [0.2, 0.25) is 0 Å². The second-order valence-electron chi connectivity index (χ2n) is 5.58. The summed E-state index contributed by atoms with van der Waals surface area (Å²) in [6, 6.07) is 11.9. The fourth-order valence-electron chi connectivity index (χ4n) is 2.29. The van der Waals surface area contributed by atoms with Crippen LogP contribution in [0.1, 0.15) is 31.4 Å². The number of hydrogen-bond acceptors (Lipinski definition) is 2. The Bertz CT molecular complexity index is 711. The standard InChI is InChI=1S/C19H20F3NO2/c1-3-13-8-10-16(11-9-13)25-17(4-2)18(24)23-15-7-5-6-14(12-15)19(20,21)22/h5-12,17H,3-4H2,1-2H3,(H,23,24)/t17-/m1/s1. The molecule has 0 aromatic heterocycles. The largest absolute Gasteiger partial charge is 0.481 e. The van der Waals surface area contributed by atoms with Crippen LogP contribution in [0.2, 0.25) is 0 Å². The third kappa shape index (κ3) is 5.24. The average Bonchev–Trinajstić information content (AvgIpc) is 2.59. The first-order valence-corrected chi connectivity index (χ1v) is 8.07. The molecular formula is C19H20F3NO2. The second-order valence-corrected chi connectivity index (χ2v) is 5.58. The number of anilines is 1. The van der Waals surface area contributed by atoms with Gasteiger partial charge < -0.3 is 10.1 Å². The van der Waals surface area contributed by atoms with Crippen LogP contribution in [-0.4, -0.2) is 12.0 Å². The van der Waals surface area contributed by atoms with Gasteiger partial charge in [0.05, 0.1) is 5.56 Å². The van der Waals surface area contributed by atoms with E-state index in [4.69, 9.17) is 4.74 Å². The minimum Gasteiger partial charge on any atom is -0.481 e. The molecule has 0 fully saturated rings. The minimum absolute atomic E-state index is 0.0863. The number of alkyl halides is 3. The Morgan fingerprint density at radius 1 is 1.12 bits per heavy atom. The van der Waals surface area contributed by atoms with Gasteiger partial charge in [-0.3, -0.25) is 4.79 Å². The van der Waals surface area contributed by atoms with Crippen molar-refractivity contribution in [3.05, 3.63) is 59.7 Å². The summed E-state index contributed by atoms with van der Waals surface area (Å²) < 4.78 is 43.9. The molecule has 2 rings (SSSR count). The SMILES string of the molecule is CCc1ccc(O[C@H](CC)C(=O)Nc2cccc(C(F)(F)F)c2)cc1. The number of benzene rings is 2. The van der Waals surface area contributed by atoms with E-state index in [0.29, 0.717) is 12.2 Å². The zero-order valence-electron chi connectivity index (χ0n) is 14.1. The van der Waals surface area contributed by atoms with Crippen LogP contribution in [0.5, 0.6) is 5.75 Å². The summed E-state index contributed by atoms with van der Waals surface area (Å²) in [5, 5.41) is 2.48. The molecule has 0 aliphatic rings. The summed E-state index contributed by atoms with van der Waals surface area (Å²) >= 11 is 0. The molecular weight excluding hydrogens is 331 g/mol. The van der Waals surface area contributed by atoms with Gasteiger partial charge in [-0.05, 0) is 48.7 Å². The van der Waals surface area contributed by atoms with E-state index in [1.54, 1.807) is 19.1 Å². The topological polar surface area (TPSA) is 38.3 Å². The quantitative estimate of drug-likeness (QED) is 0.790. The number of aryl methyl sites for hydroxylation is 1. The number of carbonyl (C=O) groups is 1. The summed E-state index contributed by atoms with van der Waals surface area (Å²) in [5.41, 5.74) is 0.423. The highest BCUT2D eigenvalue weighted by Gasteiger charge is 2.30. The first-order valence-electron chi connectivity index (χ1n) is 8.07. The highest BCUT2D eigenvalue weighted by molar-refractivity contribution is 5.94. The molecule has 0 aliphatic carbocycles. The van der Waals surface area contributed by atoms with Crippen molar-refractivity contribution in [1.82, 2.24) is 0 Å². The summed E-state index contributed by atoms with van der Waals surface area (Å²) in [5.74, 6) is 0.0598. The van der Waals surface area contributed by atoms with Crippen molar-refractivity contribution in [2.24, 2.45) is 0 Å². The maximum absolute atomic E-state index is 12.7. The maximum Gasteiger partial charge on any atom is 0.416 e. The van der Waals surface area contributed by atoms with Gasteiger partial charge in [0, 0.05) is 5.69 Å². The molecule has 2 aromatic rings. The van der Waals surface area contributed by atoms with E-state index >= 15 is 0 Å². The van der Waals surface area contributed by atoms with Crippen LogP contribution in [0.3, 0.4) is 0 Å². The van der Waals surface area contributed by atoms with Crippen molar-refractivity contribution in [2.75, 3.05) is 5.32 Å². The van der Waals surface area contributed by atoms with Gasteiger partial charge in [0.25, 0.3) is 5.91 Å². The van der Waals surface area contributed by atoms with Gasteiger partial charge in [-0.25, -0.2) is 0 Å². The Hall–Kier alpha value is -2.50. The van der Waals surface area contributed by atoms with Crippen molar-refractivity contribution in [1.29, 1.82) is 0 Å². The molecule has 0 spiro atoms. The van der Waals surface area contributed by atoms with Gasteiger partial charge in [0.15, 0.2) is 6.10 Å². The van der Waals surface area contributed by atoms with Crippen molar-refractivity contribution in [2.45, 2.75) is 39.0 Å². The fourth-order valence-corrected chi connectivity index (χ4v) is 2.29. The molecule has 1 N–H and O–H groups in total. The third-order valence-electron chi connectivity index (χ3n) is 3.73. The number of rotatable bonds is 6. The number of nitrogens with one attached hydrogen (secondary N) is 1. The molecule has 0 saturated carbocycles. The molecule has 0 bridgehead atoms. The molecule has 0 radical (unpaired) electrons. The number of carbonyl (C=O) groups excluding carboxylic acids is 1. The molecule has 2 aromatic carbocycles. The van der Waals surface area contributed by atoms with Gasteiger partial charge >= 0.3 is 6.18 Å². The Morgan fingerprint density at radius 3 is 2.36 bits per heavy atom. The molecule has 134 valence electrons. The zero-order valence-corrected chi connectivity index (χ0v) is 14.1. The van der Waals surface area contributed by atoms with Crippen LogP contribution in [0, 0.1) is 0 Å². The highest BCUT2D eigenvalue weighted by Crippen LogP contribution is 2.30. The third-order valence-corrected chi connectivity index (χ3v) is 3.73. The van der Waals surface area contributed by atoms with Crippen LogP contribution < -0.4 is 10.1 Å². The predicted octanol–water partition coefficient (Wildman–Crippen LogP) is 5.06. The molecule has 0 unspecified atom stereocenters. The van der Waals surface area contributed by atoms with Crippen LogP contribution in [0.15, 0.2) is 48.5 Å². The molecule has 1 amide bonds. The first kappa shape index (κ1) is 18.8. The second kappa shape index (κ2) is 8.05. The molecule has 0 saturated heterocycles. The Balaban J connectivity index is 2.06. The zero-order chi connectivity index (χ0) is 18.4. The monoisotopic (exact) mass is 351 g/mol. The lowest BCUT2D eigenvalue weighted by atomic mass is 10.1. The van der Waals surface area contributed by atoms with E-state index in [9.17, 15) is 18.0 Å². The maximum atomic E-state index is 12.7. The first-order chi connectivity index (χ1) is 11.8. The Kier molecular flexibility index (Phi) is 6.07. The summed E-state index contributed by atoms with van der Waals surface area (Å²) in [6.07, 6.45) is -3.96. The number of halogens is 3. The summed E-state index contributed by atoms with van der Waals surface area (Å²) in [7, 11) is 0. The van der Waals surface area contributed by atoms with Crippen LogP contribution in [0.4, 0.5) is 18.9 Å². The minimum atomic E-state index is -4.46. The van der Waals surface area contributed by atoms with Crippen LogP contribution in [0.25, 0.3) is 0 Å². The van der Waals surface area contributed by atoms with Crippen LogP contribution in [-0.2, 0) is 17.4 Å². The van der Waals surface area contributed by atoms with Gasteiger partial charge in [0.1, 0.15) is 5.75 Å². The van der Waals surface area contributed by atoms with Gasteiger partial charge in [-0.1, -0.05) is 32.0 Å². The number of hydrogen-bond donors (Lipinski definition) is 1. The van der Waals surface area contributed by atoms with E-state index in [1.807, 2.05) is 19.1 Å². The summed E-state index contributed by atoms with van der Waals surface area (Å²) in [6.45, 7) is 3.81. The number of ether oxygens (including phenoxy) is 1. The Morgan fingerprint density at radius 2 is 1.80 bits per heavy atom. The van der Waals surface area contributed by atoms with Crippen molar-refractivity contribution in [3.63, 3.8) is 0 Å².